The topological polar surface area (TPSA) is 38.2 Å². The van der Waals surface area contributed by atoms with Crippen LogP contribution >= 0.6 is 34.5 Å². The molecule has 0 unspecified atom stereocenters. The Morgan fingerprint density at radius 1 is 1.45 bits per heavy atom. The Hall–Kier alpha value is -0.530. The van der Waals surface area contributed by atoms with Gasteiger partial charge in [-0.15, -0.1) is 16.4 Å². The summed E-state index contributed by atoms with van der Waals surface area (Å²) in [5, 5.41) is 6.23. The van der Waals surface area contributed by atoms with Crippen molar-refractivity contribution in [2.75, 3.05) is 13.2 Å². The van der Waals surface area contributed by atoms with E-state index < -0.39 is 0 Å². The molecular weight excluding hydrogens is 314 g/mol. The van der Waals surface area contributed by atoms with Gasteiger partial charge in [-0.2, -0.15) is 0 Å². The maximum absolute atomic E-state index is 6.12. The molecule has 0 N–H and O–H groups in total. The SMILES string of the molecule is Clc1snnc1CN(Cc1cccs1)C[C@H]1CCCO1. The molecule has 4 nitrogen and oxygen atoms in total. The Morgan fingerprint density at radius 3 is 3.05 bits per heavy atom. The Morgan fingerprint density at radius 2 is 2.40 bits per heavy atom. The summed E-state index contributed by atoms with van der Waals surface area (Å²) >= 11 is 9.14. The molecule has 0 aromatic carbocycles. The lowest BCUT2D eigenvalue weighted by Gasteiger charge is -2.23. The highest BCUT2D eigenvalue weighted by atomic mass is 35.5. The predicted molar refractivity (Wildman–Crippen MR) is 82.3 cm³/mol. The van der Waals surface area contributed by atoms with Gasteiger partial charge in [-0.05, 0) is 24.3 Å². The predicted octanol–water partition coefficient (Wildman–Crippen LogP) is 3.43. The van der Waals surface area contributed by atoms with Gasteiger partial charge in [-0.3, -0.25) is 4.90 Å². The Labute approximate surface area is 131 Å². The Kier molecular flexibility index (Phi) is 5.01. The van der Waals surface area contributed by atoms with Crippen molar-refractivity contribution in [1.29, 1.82) is 0 Å². The van der Waals surface area contributed by atoms with Crippen molar-refractivity contribution in [1.82, 2.24) is 14.5 Å². The highest BCUT2D eigenvalue weighted by Crippen LogP contribution is 2.22. The van der Waals surface area contributed by atoms with Crippen molar-refractivity contribution in [2.24, 2.45) is 0 Å². The average molecular weight is 330 g/mol. The normalized spacial score (nSPS) is 19.0. The summed E-state index contributed by atoms with van der Waals surface area (Å²) in [4.78, 5) is 3.70. The third-order valence-corrected chi connectivity index (χ3v) is 5.17. The molecule has 2 aromatic heterocycles. The first-order valence-electron chi connectivity index (χ1n) is 6.64. The molecule has 7 heteroatoms. The van der Waals surface area contributed by atoms with Crippen LogP contribution in [0.15, 0.2) is 17.5 Å². The fourth-order valence-corrected chi connectivity index (χ4v) is 3.75. The van der Waals surface area contributed by atoms with E-state index in [4.69, 9.17) is 16.3 Å². The highest BCUT2D eigenvalue weighted by Gasteiger charge is 2.21. The first-order chi connectivity index (χ1) is 9.81. The molecule has 0 radical (unpaired) electrons. The number of aromatic nitrogens is 2. The molecule has 0 spiro atoms. The van der Waals surface area contributed by atoms with Crippen LogP contribution in [-0.4, -0.2) is 33.7 Å². The fraction of sp³-hybridized carbons (Fsp3) is 0.538. The van der Waals surface area contributed by atoms with E-state index in [0.717, 1.165) is 44.8 Å². The molecule has 1 atom stereocenters. The van der Waals surface area contributed by atoms with Crippen LogP contribution < -0.4 is 0 Å². The van der Waals surface area contributed by atoms with Crippen molar-refractivity contribution in [3.63, 3.8) is 0 Å². The smallest absolute Gasteiger partial charge is 0.138 e. The molecule has 0 bridgehead atoms. The number of rotatable bonds is 6. The van der Waals surface area contributed by atoms with E-state index >= 15 is 0 Å². The second-order valence-electron chi connectivity index (χ2n) is 4.88. The molecule has 1 aliphatic rings. The quantitative estimate of drug-likeness (QED) is 0.813. The van der Waals surface area contributed by atoms with Gasteiger partial charge < -0.3 is 4.74 Å². The van der Waals surface area contributed by atoms with Gasteiger partial charge in [0.05, 0.1) is 6.10 Å². The maximum atomic E-state index is 6.12. The number of halogens is 1. The number of hydrogen-bond donors (Lipinski definition) is 0. The van der Waals surface area contributed by atoms with E-state index in [1.165, 1.54) is 16.4 Å². The molecule has 0 aliphatic carbocycles. The Balaban J connectivity index is 1.67. The standard InChI is InChI=1S/C13H16ClN3OS2/c14-13-12(15-16-20-13)9-17(7-10-3-1-5-18-10)8-11-4-2-6-19-11/h2,4,6,10H,1,3,5,7-9H2/t10-/m1/s1. The molecule has 3 rings (SSSR count). The zero-order chi connectivity index (χ0) is 13.8. The zero-order valence-corrected chi connectivity index (χ0v) is 13.4. The highest BCUT2D eigenvalue weighted by molar-refractivity contribution is 7.10. The minimum Gasteiger partial charge on any atom is -0.377 e. The van der Waals surface area contributed by atoms with Crippen LogP contribution in [0, 0.1) is 0 Å². The lowest BCUT2D eigenvalue weighted by Crippen LogP contribution is -2.31. The molecule has 2 aromatic rings. The molecule has 20 heavy (non-hydrogen) atoms. The zero-order valence-electron chi connectivity index (χ0n) is 11.0. The van der Waals surface area contributed by atoms with E-state index in [1.807, 2.05) is 0 Å². The minimum absolute atomic E-state index is 0.334. The van der Waals surface area contributed by atoms with Gasteiger partial charge in [-0.1, -0.05) is 22.2 Å². The lowest BCUT2D eigenvalue weighted by molar-refractivity contribution is 0.0678. The molecule has 0 saturated carbocycles. The fourth-order valence-electron chi connectivity index (χ4n) is 2.39. The van der Waals surface area contributed by atoms with Crippen LogP contribution in [0.5, 0.6) is 0 Å². The number of hydrogen-bond acceptors (Lipinski definition) is 6. The van der Waals surface area contributed by atoms with E-state index in [0.29, 0.717) is 10.4 Å². The third kappa shape index (κ3) is 3.77. The number of thiophene rings is 1. The summed E-state index contributed by atoms with van der Waals surface area (Å²) in [6.45, 7) is 3.45. The molecule has 108 valence electrons. The van der Waals surface area contributed by atoms with E-state index in [2.05, 4.69) is 32.0 Å². The van der Waals surface area contributed by atoms with Gasteiger partial charge in [0.15, 0.2) is 0 Å². The summed E-state index contributed by atoms with van der Waals surface area (Å²) in [6, 6.07) is 4.25. The molecule has 1 fully saturated rings. The summed E-state index contributed by atoms with van der Waals surface area (Å²) in [7, 11) is 0. The van der Waals surface area contributed by atoms with E-state index in [9.17, 15) is 0 Å². The second kappa shape index (κ2) is 6.95. The maximum Gasteiger partial charge on any atom is 0.138 e. The molecule has 1 aliphatic heterocycles. The molecule has 3 heterocycles. The van der Waals surface area contributed by atoms with Crippen molar-refractivity contribution in [2.45, 2.75) is 32.0 Å². The van der Waals surface area contributed by atoms with Gasteiger partial charge in [0.25, 0.3) is 0 Å². The van der Waals surface area contributed by atoms with Gasteiger partial charge in [-0.25, -0.2) is 0 Å². The van der Waals surface area contributed by atoms with Crippen LogP contribution in [0.1, 0.15) is 23.4 Å². The molecule has 1 saturated heterocycles. The van der Waals surface area contributed by atoms with Gasteiger partial charge in [0.2, 0.25) is 0 Å². The first kappa shape index (κ1) is 14.4. The van der Waals surface area contributed by atoms with E-state index in [1.54, 1.807) is 11.3 Å². The van der Waals surface area contributed by atoms with Crippen LogP contribution in [-0.2, 0) is 17.8 Å². The van der Waals surface area contributed by atoms with Crippen molar-refractivity contribution < 1.29 is 4.74 Å². The second-order valence-corrected chi connectivity index (χ2v) is 7.27. The van der Waals surface area contributed by atoms with Crippen LogP contribution in [0.2, 0.25) is 4.34 Å². The van der Waals surface area contributed by atoms with Crippen LogP contribution in [0.3, 0.4) is 0 Å². The third-order valence-electron chi connectivity index (χ3n) is 3.33. The lowest BCUT2D eigenvalue weighted by atomic mass is 10.2. The van der Waals surface area contributed by atoms with Crippen molar-refractivity contribution >= 4 is 34.5 Å². The largest absolute Gasteiger partial charge is 0.377 e. The van der Waals surface area contributed by atoms with Gasteiger partial charge in [0, 0.05) is 42.7 Å². The van der Waals surface area contributed by atoms with Gasteiger partial charge in [0.1, 0.15) is 10.0 Å². The number of ether oxygens (including phenoxy) is 1. The summed E-state index contributed by atoms with van der Waals surface area (Å²) in [5.74, 6) is 0. The Bertz CT molecular complexity index is 525. The summed E-state index contributed by atoms with van der Waals surface area (Å²) < 4.78 is 10.3. The van der Waals surface area contributed by atoms with Crippen molar-refractivity contribution in [3.8, 4) is 0 Å². The molecule has 0 amide bonds. The molecular formula is C13H16ClN3OS2. The minimum atomic E-state index is 0.334. The monoisotopic (exact) mass is 329 g/mol. The average Bonchev–Trinajstić information content (AvgIpc) is 3.15. The van der Waals surface area contributed by atoms with Gasteiger partial charge >= 0.3 is 0 Å². The first-order valence-corrected chi connectivity index (χ1v) is 8.67. The van der Waals surface area contributed by atoms with Crippen LogP contribution in [0.25, 0.3) is 0 Å². The summed E-state index contributed by atoms with van der Waals surface area (Å²) in [6.07, 6.45) is 2.64. The van der Waals surface area contributed by atoms with E-state index in [-0.39, 0.29) is 0 Å². The van der Waals surface area contributed by atoms with Crippen LogP contribution in [0.4, 0.5) is 0 Å². The number of nitrogens with zero attached hydrogens (tertiary/aromatic N) is 3. The summed E-state index contributed by atoms with van der Waals surface area (Å²) in [5.41, 5.74) is 0.867. The van der Waals surface area contributed by atoms with Crippen molar-refractivity contribution in [3.05, 3.63) is 32.4 Å².